The maximum Gasteiger partial charge on any atom is 0.0712 e. The van der Waals surface area contributed by atoms with E-state index in [2.05, 4.69) is 44.2 Å². The molecule has 0 bridgehead atoms. The third kappa shape index (κ3) is 2.59. The monoisotopic (exact) mass is 173 g/mol. The molecule has 13 heavy (non-hydrogen) atoms. The normalized spacial score (nSPS) is 12.1. The van der Waals surface area contributed by atoms with Gasteiger partial charge in [0, 0.05) is 0 Å². The van der Waals surface area contributed by atoms with Crippen molar-refractivity contribution in [1.29, 1.82) is 5.26 Å². The van der Waals surface area contributed by atoms with Crippen molar-refractivity contribution >= 4 is 0 Å². The van der Waals surface area contributed by atoms with Crippen LogP contribution in [0.15, 0.2) is 24.3 Å². The van der Waals surface area contributed by atoms with E-state index in [1.807, 2.05) is 0 Å². The Labute approximate surface area is 80.0 Å². The van der Waals surface area contributed by atoms with Gasteiger partial charge in [-0.1, -0.05) is 43.2 Å². The first-order chi connectivity index (χ1) is 6.27. The fraction of sp³-hybridized carbons (Fsp3) is 0.417. The summed E-state index contributed by atoms with van der Waals surface area (Å²) in [7, 11) is 0. The van der Waals surface area contributed by atoms with E-state index in [0.717, 1.165) is 18.4 Å². The van der Waals surface area contributed by atoms with Gasteiger partial charge in [0.2, 0.25) is 0 Å². The summed E-state index contributed by atoms with van der Waals surface area (Å²) in [5, 5.41) is 8.93. The Hall–Kier alpha value is -1.29. The van der Waals surface area contributed by atoms with Gasteiger partial charge < -0.3 is 0 Å². The molecule has 0 N–H and O–H groups in total. The van der Waals surface area contributed by atoms with Crippen LogP contribution < -0.4 is 0 Å². The van der Waals surface area contributed by atoms with Gasteiger partial charge in [0.25, 0.3) is 0 Å². The summed E-state index contributed by atoms with van der Waals surface area (Å²) in [4.78, 5) is 0. The lowest BCUT2D eigenvalue weighted by Crippen LogP contribution is -1.94. The molecule has 0 amide bonds. The lowest BCUT2D eigenvalue weighted by Gasteiger charge is -2.07. The lowest BCUT2D eigenvalue weighted by molar-refractivity contribution is 0.727. The fourth-order valence-electron chi connectivity index (χ4n) is 1.39. The van der Waals surface area contributed by atoms with Crippen LogP contribution in [-0.4, -0.2) is 0 Å². The van der Waals surface area contributed by atoms with Gasteiger partial charge in [-0.3, -0.25) is 0 Å². The van der Waals surface area contributed by atoms with E-state index in [1.54, 1.807) is 0 Å². The van der Waals surface area contributed by atoms with E-state index in [1.165, 1.54) is 5.56 Å². The second-order valence-corrected chi connectivity index (χ2v) is 3.38. The Kier molecular flexibility index (Phi) is 3.52. The highest BCUT2D eigenvalue weighted by molar-refractivity contribution is 5.27. The summed E-state index contributed by atoms with van der Waals surface area (Å²) >= 11 is 0. The lowest BCUT2D eigenvalue weighted by atomic mass is 9.95. The molecular weight excluding hydrogens is 158 g/mol. The molecule has 0 aliphatic rings. The smallest absolute Gasteiger partial charge is 0.0712 e. The minimum absolute atomic E-state index is 0.0746. The van der Waals surface area contributed by atoms with Crippen molar-refractivity contribution in [3.8, 4) is 6.07 Å². The number of hydrogen-bond donors (Lipinski definition) is 0. The molecule has 0 spiro atoms. The van der Waals surface area contributed by atoms with E-state index in [0.29, 0.717) is 0 Å². The predicted octanol–water partition coefficient (Wildman–Crippen LogP) is 3.40. The van der Waals surface area contributed by atoms with Crippen molar-refractivity contribution in [3.05, 3.63) is 35.4 Å². The molecule has 1 rings (SSSR count). The molecule has 0 heterocycles. The average molecular weight is 173 g/mol. The Balaban J connectivity index is 2.81. The Morgan fingerprint density at radius 1 is 1.31 bits per heavy atom. The van der Waals surface area contributed by atoms with Crippen LogP contribution >= 0.6 is 0 Å². The van der Waals surface area contributed by atoms with Crippen molar-refractivity contribution in [2.24, 2.45) is 0 Å². The molecule has 68 valence electrons. The quantitative estimate of drug-likeness (QED) is 0.687. The minimum Gasteiger partial charge on any atom is -0.198 e. The molecule has 1 nitrogen and oxygen atoms in total. The number of nitriles is 1. The second-order valence-electron chi connectivity index (χ2n) is 3.38. The molecular formula is C12H15N. The zero-order valence-corrected chi connectivity index (χ0v) is 8.25. The van der Waals surface area contributed by atoms with Crippen LogP contribution in [0.1, 0.15) is 36.8 Å². The summed E-state index contributed by atoms with van der Waals surface area (Å²) in [5.74, 6) is 0.0746. The zero-order valence-electron chi connectivity index (χ0n) is 8.25. The van der Waals surface area contributed by atoms with Crippen LogP contribution in [0.4, 0.5) is 0 Å². The molecule has 0 radical (unpaired) electrons. The summed E-state index contributed by atoms with van der Waals surface area (Å²) in [6.45, 7) is 4.17. The van der Waals surface area contributed by atoms with E-state index >= 15 is 0 Å². The van der Waals surface area contributed by atoms with Crippen molar-refractivity contribution in [2.75, 3.05) is 0 Å². The summed E-state index contributed by atoms with van der Waals surface area (Å²) in [5.41, 5.74) is 2.40. The first kappa shape index (κ1) is 9.80. The van der Waals surface area contributed by atoms with E-state index in [4.69, 9.17) is 5.26 Å². The topological polar surface area (TPSA) is 23.8 Å². The van der Waals surface area contributed by atoms with Gasteiger partial charge in [-0.05, 0) is 18.9 Å². The number of benzene rings is 1. The Morgan fingerprint density at radius 2 is 1.92 bits per heavy atom. The minimum atomic E-state index is 0.0746. The molecule has 1 unspecified atom stereocenters. The van der Waals surface area contributed by atoms with Crippen LogP contribution in [0, 0.1) is 18.3 Å². The molecule has 1 aromatic carbocycles. The third-order valence-electron chi connectivity index (χ3n) is 2.21. The molecule has 1 atom stereocenters. The standard InChI is InChI=1S/C12H15N/c1-3-4-12(9-13)11-7-5-10(2)6-8-11/h5-8,12H,3-4H2,1-2H3. The van der Waals surface area contributed by atoms with Crippen LogP contribution in [0.25, 0.3) is 0 Å². The molecule has 0 saturated carbocycles. The predicted molar refractivity (Wildman–Crippen MR) is 54.4 cm³/mol. The highest BCUT2D eigenvalue weighted by Crippen LogP contribution is 2.20. The number of aryl methyl sites for hydroxylation is 1. The Bertz CT molecular complexity index is 292. The fourth-order valence-corrected chi connectivity index (χ4v) is 1.39. The summed E-state index contributed by atoms with van der Waals surface area (Å²) in [6.07, 6.45) is 2.02. The van der Waals surface area contributed by atoms with E-state index in [9.17, 15) is 0 Å². The van der Waals surface area contributed by atoms with Crippen molar-refractivity contribution in [3.63, 3.8) is 0 Å². The molecule has 0 aliphatic carbocycles. The van der Waals surface area contributed by atoms with Crippen LogP contribution in [-0.2, 0) is 0 Å². The molecule has 0 saturated heterocycles. The molecule has 0 fully saturated rings. The maximum atomic E-state index is 8.93. The van der Waals surface area contributed by atoms with Crippen molar-refractivity contribution in [1.82, 2.24) is 0 Å². The van der Waals surface area contributed by atoms with Gasteiger partial charge in [0.15, 0.2) is 0 Å². The molecule has 1 aromatic rings. The van der Waals surface area contributed by atoms with Crippen molar-refractivity contribution in [2.45, 2.75) is 32.6 Å². The van der Waals surface area contributed by atoms with Crippen LogP contribution in [0.2, 0.25) is 0 Å². The highest BCUT2D eigenvalue weighted by Gasteiger charge is 2.07. The first-order valence-electron chi connectivity index (χ1n) is 4.74. The largest absolute Gasteiger partial charge is 0.198 e. The first-order valence-corrected chi connectivity index (χ1v) is 4.74. The van der Waals surface area contributed by atoms with E-state index in [-0.39, 0.29) is 5.92 Å². The van der Waals surface area contributed by atoms with Gasteiger partial charge in [-0.2, -0.15) is 5.26 Å². The van der Waals surface area contributed by atoms with Crippen molar-refractivity contribution < 1.29 is 0 Å². The number of rotatable bonds is 3. The van der Waals surface area contributed by atoms with Crippen LogP contribution in [0.3, 0.4) is 0 Å². The zero-order chi connectivity index (χ0) is 9.68. The van der Waals surface area contributed by atoms with Gasteiger partial charge in [0.05, 0.1) is 12.0 Å². The van der Waals surface area contributed by atoms with Gasteiger partial charge in [-0.25, -0.2) is 0 Å². The summed E-state index contributed by atoms with van der Waals surface area (Å²) < 4.78 is 0. The Morgan fingerprint density at radius 3 is 2.38 bits per heavy atom. The van der Waals surface area contributed by atoms with E-state index < -0.39 is 0 Å². The average Bonchev–Trinajstić information content (AvgIpc) is 2.16. The van der Waals surface area contributed by atoms with Crippen LogP contribution in [0.5, 0.6) is 0 Å². The summed E-state index contributed by atoms with van der Waals surface area (Å²) in [6, 6.07) is 10.6. The molecule has 0 aliphatic heterocycles. The van der Waals surface area contributed by atoms with Gasteiger partial charge >= 0.3 is 0 Å². The number of hydrogen-bond acceptors (Lipinski definition) is 1. The number of nitrogens with zero attached hydrogens (tertiary/aromatic N) is 1. The van der Waals surface area contributed by atoms with Gasteiger partial charge in [-0.15, -0.1) is 0 Å². The molecule has 0 aromatic heterocycles. The highest BCUT2D eigenvalue weighted by atomic mass is 14.3. The maximum absolute atomic E-state index is 8.93. The SMILES string of the molecule is CCCC(C#N)c1ccc(C)cc1. The second kappa shape index (κ2) is 4.67. The third-order valence-corrected chi connectivity index (χ3v) is 2.21. The molecule has 1 heteroatoms. The van der Waals surface area contributed by atoms with Gasteiger partial charge in [0.1, 0.15) is 0 Å².